The minimum absolute atomic E-state index is 0.0670. The number of nitrogens with zero attached hydrogens (tertiary/aromatic N) is 2. The van der Waals surface area contributed by atoms with Crippen molar-refractivity contribution in [2.45, 2.75) is 26.9 Å². The third kappa shape index (κ3) is 2.35. The van der Waals surface area contributed by atoms with Gasteiger partial charge in [-0.15, -0.1) is 0 Å². The first-order valence-corrected chi connectivity index (χ1v) is 5.89. The van der Waals surface area contributed by atoms with E-state index in [9.17, 15) is 0 Å². The van der Waals surface area contributed by atoms with Crippen LogP contribution in [-0.4, -0.2) is 23.7 Å². The Bertz CT molecular complexity index is 378. The van der Waals surface area contributed by atoms with E-state index >= 15 is 0 Å². The van der Waals surface area contributed by atoms with Gasteiger partial charge in [-0.1, -0.05) is 6.92 Å². The van der Waals surface area contributed by atoms with Gasteiger partial charge < -0.3 is 10.0 Å². The molecule has 2 atom stereocenters. The van der Waals surface area contributed by atoms with Crippen LogP contribution in [0.5, 0.6) is 0 Å². The Balaban J connectivity index is 2.07. The molecule has 0 bridgehead atoms. The average molecular weight is 220 g/mol. The third-order valence-corrected chi connectivity index (χ3v) is 3.44. The van der Waals surface area contributed by atoms with E-state index in [0.29, 0.717) is 0 Å². The van der Waals surface area contributed by atoms with Crippen molar-refractivity contribution in [3.8, 4) is 0 Å². The van der Waals surface area contributed by atoms with Crippen molar-refractivity contribution in [1.29, 1.82) is 0 Å². The van der Waals surface area contributed by atoms with Crippen LogP contribution in [0.25, 0.3) is 0 Å². The zero-order valence-electron chi connectivity index (χ0n) is 10.3. The quantitative estimate of drug-likeness (QED) is 0.843. The molecule has 1 heterocycles. The molecule has 2 unspecified atom stereocenters. The summed E-state index contributed by atoms with van der Waals surface area (Å²) in [5, 5.41) is 9.03. The van der Waals surface area contributed by atoms with Crippen LogP contribution in [0.2, 0.25) is 0 Å². The van der Waals surface area contributed by atoms with Gasteiger partial charge in [0.2, 0.25) is 0 Å². The summed E-state index contributed by atoms with van der Waals surface area (Å²) in [6.45, 7) is 5.51. The second-order valence-corrected chi connectivity index (χ2v) is 5.00. The summed E-state index contributed by atoms with van der Waals surface area (Å²) in [7, 11) is 2.10. The highest BCUT2D eigenvalue weighted by atomic mass is 16.3. The fraction of sp³-hybridized carbons (Fsp3) is 0.615. The summed E-state index contributed by atoms with van der Waals surface area (Å²) in [5.41, 5.74) is 2.02. The smallest absolute Gasteiger partial charge is 0.131 e. The molecule has 16 heavy (non-hydrogen) atoms. The Morgan fingerprint density at radius 1 is 1.56 bits per heavy atom. The van der Waals surface area contributed by atoms with E-state index in [1.54, 1.807) is 6.20 Å². The molecular weight excluding hydrogens is 200 g/mol. The van der Waals surface area contributed by atoms with Crippen LogP contribution >= 0.6 is 0 Å². The van der Waals surface area contributed by atoms with Crippen molar-refractivity contribution in [3.05, 3.63) is 23.4 Å². The molecule has 1 aliphatic rings. The lowest BCUT2D eigenvalue weighted by Gasteiger charge is -2.20. The number of aliphatic hydroxyl groups is 1. The molecule has 0 spiro atoms. The Labute approximate surface area is 97.1 Å². The number of aromatic nitrogens is 1. The number of aliphatic hydroxyl groups excluding tert-OH is 1. The van der Waals surface area contributed by atoms with Gasteiger partial charge in [-0.3, -0.25) is 0 Å². The van der Waals surface area contributed by atoms with Gasteiger partial charge >= 0.3 is 0 Å². The first kappa shape index (κ1) is 11.4. The maximum absolute atomic E-state index is 9.03. The number of anilines is 1. The largest absolute Gasteiger partial charge is 0.392 e. The van der Waals surface area contributed by atoms with Gasteiger partial charge in [0.1, 0.15) is 5.82 Å². The molecule has 0 radical (unpaired) electrons. The fourth-order valence-corrected chi connectivity index (χ4v) is 2.20. The molecule has 1 fully saturated rings. The van der Waals surface area contributed by atoms with Crippen LogP contribution < -0.4 is 4.90 Å². The summed E-state index contributed by atoms with van der Waals surface area (Å²) >= 11 is 0. The molecule has 1 aliphatic carbocycles. The topological polar surface area (TPSA) is 36.4 Å². The molecule has 1 N–H and O–H groups in total. The maximum Gasteiger partial charge on any atom is 0.131 e. The summed E-state index contributed by atoms with van der Waals surface area (Å²) in [6.07, 6.45) is 3.10. The van der Waals surface area contributed by atoms with E-state index in [2.05, 4.69) is 23.9 Å². The van der Waals surface area contributed by atoms with Crippen LogP contribution in [0.15, 0.2) is 12.3 Å². The number of aryl methyl sites for hydroxylation is 1. The first-order chi connectivity index (χ1) is 7.61. The van der Waals surface area contributed by atoms with Gasteiger partial charge in [0, 0.05) is 19.8 Å². The minimum Gasteiger partial charge on any atom is -0.392 e. The van der Waals surface area contributed by atoms with Gasteiger partial charge in [-0.2, -0.15) is 0 Å². The zero-order valence-corrected chi connectivity index (χ0v) is 10.3. The molecule has 3 heteroatoms. The van der Waals surface area contributed by atoms with E-state index in [4.69, 9.17) is 5.11 Å². The van der Waals surface area contributed by atoms with Gasteiger partial charge in [0.05, 0.1) is 6.61 Å². The standard InChI is InChI=1S/C13H20N2O/c1-9-5-12(9)7-15(3)13-10(2)4-11(8-16)6-14-13/h4,6,9,12,16H,5,7-8H2,1-3H3. The average Bonchev–Trinajstić information content (AvgIpc) is 2.93. The van der Waals surface area contributed by atoms with Crippen molar-refractivity contribution in [3.63, 3.8) is 0 Å². The predicted octanol–water partition coefficient (Wildman–Crippen LogP) is 1.97. The Kier molecular flexibility index (Phi) is 3.15. The van der Waals surface area contributed by atoms with Crippen molar-refractivity contribution in [1.82, 2.24) is 4.98 Å². The molecule has 0 saturated heterocycles. The molecule has 1 saturated carbocycles. The van der Waals surface area contributed by atoms with Crippen LogP contribution in [0.4, 0.5) is 5.82 Å². The van der Waals surface area contributed by atoms with Crippen LogP contribution in [0.1, 0.15) is 24.5 Å². The lowest BCUT2D eigenvalue weighted by molar-refractivity contribution is 0.281. The van der Waals surface area contributed by atoms with Crippen molar-refractivity contribution in [2.24, 2.45) is 11.8 Å². The number of pyridine rings is 1. The molecule has 0 amide bonds. The lowest BCUT2D eigenvalue weighted by atomic mass is 10.2. The van der Waals surface area contributed by atoms with Crippen molar-refractivity contribution in [2.75, 3.05) is 18.5 Å². The summed E-state index contributed by atoms with van der Waals surface area (Å²) in [4.78, 5) is 6.65. The molecule has 3 nitrogen and oxygen atoms in total. The molecule has 88 valence electrons. The van der Waals surface area contributed by atoms with Crippen LogP contribution in [-0.2, 0) is 6.61 Å². The maximum atomic E-state index is 9.03. The van der Waals surface area contributed by atoms with Gasteiger partial charge in [-0.05, 0) is 42.4 Å². The molecule has 1 aromatic heterocycles. The van der Waals surface area contributed by atoms with Gasteiger partial charge in [-0.25, -0.2) is 4.98 Å². The SMILES string of the molecule is Cc1cc(CO)cnc1N(C)CC1CC1C. The highest BCUT2D eigenvalue weighted by molar-refractivity contribution is 5.46. The van der Waals surface area contributed by atoms with E-state index < -0.39 is 0 Å². The highest BCUT2D eigenvalue weighted by Crippen LogP contribution is 2.38. The third-order valence-electron chi connectivity index (χ3n) is 3.44. The zero-order chi connectivity index (χ0) is 11.7. The highest BCUT2D eigenvalue weighted by Gasteiger charge is 2.33. The molecule has 0 aliphatic heterocycles. The van der Waals surface area contributed by atoms with E-state index in [1.807, 2.05) is 13.0 Å². The van der Waals surface area contributed by atoms with Crippen LogP contribution in [0, 0.1) is 18.8 Å². The first-order valence-electron chi connectivity index (χ1n) is 5.89. The van der Waals surface area contributed by atoms with Gasteiger partial charge in [0.25, 0.3) is 0 Å². The normalized spacial score (nSPS) is 23.2. The predicted molar refractivity (Wildman–Crippen MR) is 65.4 cm³/mol. The second kappa shape index (κ2) is 4.42. The summed E-state index contributed by atoms with van der Waals surface area (Å²) in [5.74, 6) is 2.75. The summed E-state index contributed by atoms with van der Waals surface area (Å²) in [6, 6.07) is 2.01. The molecule has 2 rings (SSSR count). The lowest BCUT2D eigenvalue weighted by Crippen LogP contribution is -2.22. The molecular formula is C13H20N2O. The van der Waals surface area contributed by atoms with E-state index in [0.717, 1.165) is 35.3 Å². The fourth-order valence-electron chi connectivity index (χ4n) is 2.20. The number of hydrogen-bond acceptors (Lipinski definition) is 3. The van der Waals surface area contributed by atoms with Crippen LogP contribution in [0.3, 0.4) is 0 Å². The van der Waals surface area contributed by atoms with Crippen molar-refractivity contribution >= 4 is 5.82 Å². The van der Waals surface area contributed by atoms with Crippen molar-refractivity contribution < 1.29 is 5.11 Å². The Hall–Kier alpha value is -1.09. The molecule has 0 aromatic carbocycles. The Morgan fingerprint density at radius 3 is 2.75 bits per heavy atom. The van der Waals surface area contributed by atoms with E-state index in [1.165, 1.54) is 6.42 Å². The molecule has 1 aromatic rings. The number of rotatable bonds is 4. The minimum atomic E-state index is 0.0670. The van der Waals surface area contributed by atoms with E-state index in [-0.39, 0.29) is 6.61 Å². The second-order valence-electron chi connectivity index (χ2n) is 5.00. The van der Waals surface area contributed by atoms with Gasteiger partial charge in [0.15, 0.2) is 0 Å². The monoisotopic (exact) mass is 220 g/mol. The Morgan fingerprint density at radius 2 is 2.25 bits per heavy atom. The summed E-state index contributed by atoms with van der Waals surface area (Å²) < 4.78 is 0. The number of hydrogen-bond donors (Lipinski definition) is 1.